The van der Waals surface area contributed by atoms with Gasteiger partial charge in [0.25, 0.3) is 0 Å². The van der Waals surface area contributed by atoms with Crippen LogP contribution < -0.4 is 5.32 Å². The van der Waals surface area contributed by atoms with Crippen molar-refractivity contribution in [3.8, 4) is 0 Å². The standard InChI is InChI=1S/C6H10N2S/c1-2-7-6-8(3-1)4-5-9-6/h4-7H,1-3H2. The van der Waals surface area contributed by atoms with Crippen molar-refractivity contribution < 1.29 is 0 Å². The van der Waals surface area contributed by atoms with Crippen molar-refractivity contribution in [2.75, 3.05) is 13.1 Å². The highest BCUT2D eigenvalue weighted by molar-refractivity contribution is 8.02. The minimum atomic E-state index is 0.554. The van der Waals surface area contributed by atoms with Crippen molar-refractivity contribution in [3.63, 3.8) is 0 Å². The van der Waals surface area contributed by atoms with Crippen molar-refractivity contribution >= 4 is 11.8 Å². The van der Waals surface area contributed by atoms with Crippen LogP contribution in [0.25, 0.3) is 0 Å². The third kappa shape index (κ3) is 0.946. The van der Waals surface area contributed by atoms with Gasteiger partial charge in [0.2, 0.25) is 0 Å². The van der Waals surface area contributed by atoms with Crippen LogP contribution in [0.4, 0.5) is 0 Å². The van der Waals surface area contributed by atoms with E-state index in [2.05, 4.69) is 21.8 Å². The zero-order valence-electron chi connectivity index (χ0n) is 5.21. The average Bonchev–Trinajstić information content (AvgIpc) is 2.33. The molecule has 0 spiro atoms. The maximum Gasteiger partial charge on any atom is 0.131 e. The van der Waals surface area contributed by atoms with Gasteiger partial charge in [0.05, 0.1) is 0 Å². The van der Waals surface area contributed by atoms with Crippen molar-refractivity contribution in [3.05, 3.63) is 11.6 Å². The van der Waals surface area contributed by atoms with E-state index in [9.17, 15) is 0 Å². The first kappa shape index (κ1) is 5.62. The number of hydrogen-bond acceptors (Lipinski definition) is 3. The van der Waals surface area contributed by atoms with Crippen LogP contribution in [0, 0.1) is 0 Å². The van der Waals surface area contributed by atoms with Gasteiger partial charge in [-0.1, -0.05) is 11.8 Å². The highest BCUT2D eigenvalue weighted by atomic mass is 32.2. The molecule has 0 saturated carbocycles. The van der Waals surface area contributed by atoms with E-state index in [0.717, 1.165) is 0 Å². The number of nitrogens with zero attached hydrogens (tertiary/aromatic N) is 1. The first-order chi connectivity index (χ1) is 4.47. The van der Waals surface area contributed by atoms with Crippen LogP contribution in [0.1, 0.15) is 6.42 Å². The highest BCUT2D eigenvalue weighted by Crippen LogP contribution is 2.24. The van der Waals surface area contributed by atoms with Crippen molar-refractivity contribution in [2.45, 2.75) is 11.9 Å². The fourth-order valence-corrected chi connectivity index (χ4v) is 2.11. The Morgan fingerprint density at radius 2 is 2.67 bits per heavy atom. The highest BCUT2D eigenvalue weighted by Gasteiger charge is 2.21. The van der Waals surface area contributed by atoms with E-state index in [-0.39, 0.29) is 0 Å². The summed E-state index contributed by atoms with van der Waals surface area (Å²) >= 11 is 1.86. The molecule has 9 heavy (non-hydrogen) atoms. The fourth-order valence-electron chi connectivity index (χ4n) is 1.19. The van der Waals surface area contributed by atoms with Crippen LogP contribution in [0.15, 0.2) is 11.6 Å². The molecule has 50 valence electrons. The lowest BCUT2D eigenvalue weighted by Gasteiger charge is -2.30. The van der Waals surface area contributed by atoms with Gasteiger partial charge in [0.1, 0.15) is 5.50 Å². The molecule has 3 heteroatoms. The average molecular weight is 142 g/mol. The molecule has 0 aromatic rings. The summed E-state index contributed by atoms with van der Waals surface area (Å²) in [5.74, 6) is 0. The molecule has 0 radical (unpaired) electrons. The Bertz CT molecular complexity index is 135. The molecule has 2 rings (SSSR count). The van der Waals surface area contributed by atoms with Gasteiger partial charge in [-0.15, -0.1) is 0 Å². The molecule has 0 aromatic carbocycles. The Morgan fingerprint density at radius 1 is 1.67 bits per heavy atom. The summed E-state index contributed by atoms with van der Waals surface area (Å²) in [7, 11) is 0. The van der Waals surface area contributed by atoms with E-state index in [4.69, 9.17) is 0 Å². The van der Waals surface area contributed by atoms with Crippen LogP contribution in [0.5, 0.6) is 0 Å². The lowest BCUT2D eigenvalue weighted by Crippen LogP contribution is -2.44. The molecule has 1 N–H and O–H groups in total. The number of nitrogens with one attached hydrogen (secondary N) is 1. The number of hydrogen-bond donors (Lipinski definition) is 1. The molecule has 2 aliphatic rings. The van der Waals surface area contributed by atoms with Crippen LogP contribution >= 0.6 is 11.8 Å². The zero-order chi connectivity index (χ0) is 6.10. The molecular formula is C6H10N2S. The molecule has 1 fully saturated rings. The molecular weight excluding hydrogens is 132 g/mol. The monoisotopic (exact) mass is 142 g/mol. The fraction of sp³-hybridized carbons (Fsp3) is 0.667. The van der Waals surface area contributed by atoms with E-state index in [1.54, 1.807) is 0 Å². The quantitative estimate of drug-likeness (QED) is 0.538. The Balaban J connectivity index is 2.03. The Morgan fingerprint density at radius 3 is 3.56 bits per heavy atom. The van der Waals surface area contributed by atoms with E-state index in [1.165, 1.54) is 19.5 Å². The zero-order valence-corrected chi connectivity index (χ0v) is 6.03. The Labute approximate surface area is 59.3 Å². The molecule has 2 nitrogen and oxygen atoms in total. The topological polar surface area (TPSA) is 15.3 Å². The summed E-state index contributed by atoms with van der Waals surface area (Å²) in [6, 6.07) is 0. The number of fused-ring (bicyclic) bond motifs is 1. The minimum absolute atomic E-state index is 0.554. The summed E-state index contributed by atoms with van der Waals surface area (Å²) in [6.07, 6.45) is 3.45. The summed E-state index contributed by atoms with van der Waals surface area (Å²) in [5, 5.41) is 5.56. The predicted octanol–water partition coefficient (Wildman–Crippen LogP) is 0.783. The summed E-state index contributed by atoms with van der Waals surface area (Å²) in [5.41, 5.74) is 0.554. The summed E-state index contributed by atoms with van der Waals surface area (Å²) < 4.78 is 0. The van der Waals surface area contributed by atoms with Gasteiger partial charge in [-0.3, -0.25) is 5.32 Å². The first-order valence-electron chi connectivity index (χ1n) is 3.28. The van der Waals surface area contributed by atoms with E-state index >= 15 is 0 Å². The Kier molecular flexibility index (Phi) is 1.39. The lowest BCUT2D eigenvalue weighted by atomic mass is 10.3. The number of rotatable bonds is 0. The van der Waals surface area contributed by atoms with Gasteiger partial charge in [-0.25, -0.2) is 0 Å². The molecule has 1 unspecified atom stereocenters. The van der Waals surface area contributed by atoms with Gasteiger partial charge in [-0.05, 0) is 18.4 Å². The number of thioether (sulfide) groups is 1. The molecule has 0 aromatic heterocycles. The second-order valence-electron chi connectivity index (χ2n) is 2.32. The largest absolute Gasteiger partial charge is 0.353 e. The van der Waals surface area contributed by atoms with E-state index in [1.807, 2.05) is 11.8 Å². The maximum atomic E-state index is 3.41. The van der Waals surface area contributed by atoms with E-state index in [0.29, 0.717) is 5.50 Å². The molecule has 0 amide bonds. The second kappa shape index (κ2) is 2.23. The summed E-state index contributed by atoms with van der Waals surface area (Å²) in [6.45, 7) is 2.40. The van der Waals surface area contributed by atoms with Crippen LogP contribution in [-0.2, 0) is 0 Å². The van der Waals surface area contributed by atoms with Crippen molar-refractivity contribution in [1.82, 2.24) is 10.2 Å². The SMILES string of the molecule is C1=CN2CCCNC2S1. The van der Waals surface area contributed by atoms with Gasteiger partial charge in [0.15, 0.2) is 0 Å². The third-order valence-electron chi connectivity index (χ3n) is 1.67. The normalized spacial score (nSPS) is 32.9. The Hall–Kier alpha value is -0.150. The first-order valence-corrected chi connectivity index (χ1v) is 4.22. The molecule has 1 saturated heterocycles. The van der Waals surface area contributed by atoms with Crippen molar-refractivity contribution in [1.29, 1.82) is 0 Å². The molecule has 2 aliphatic heterocycles. The van der Waals surface area contributed by atoms with Crippen LogP contribution in [-0.4, -0.2) is 23.5 Å². The minimum Gasteiger partial charge on any atom is -0.353 e. The van der Waals surface area contributed by atoms with Gasteiger partial charge in [-0.2, -0.15) is 0 Å². The third-order valence-corrected chi connectivity index (χ3v) is 2.65. The van der Waals surface area contributed by atoms with Gasteiger partial charge < -0.3 is 4.90 Å². The molecule has 0 aliphatic carbocycles. The van der Waals surface area contributed by atoms with Gasteiger partial charge in [0, 0.05) is 12.7 Å². The van der Waals surface area contributed by atoms with Crippen LogP contribution in [0.3, 0.4) is 0 Å². The second-order valence-corrected chi connectivity index (χ2v) is 3.31. The molecule has 0 bridgehead atoms. The lowest BCUT2D eigenvalue weighted by molar-refractivity contribution is 0.271. The van der Waals surface area contributed by atoms with Gasteiger partial charge >= 0.3 is 0 Å². The maximum absolute atomic E-state index is 3.41. The van der Waals surface area contributed by atoms with E-state index < -0.39 is 0 Å². The molecule has 2 heterocycles. The van der Waals surface area contributed by atoms with Crippen molar-refractivity contribution in [2.24, 2.45) is 0 Å². The summed E-state index contributed by atoms with van der Waals surface area (Å²) in [4.78, 5) is 2.34. The smallest absolute Gasteiger partial charge is 0.131 e. The van der Waals surface area contributed by atoms with Crippen LogP contribution in [0.2, 0.25) is 0 Å². The molecule has 1 atom stereocenters. The predicted molar refractivity (Wildman–Crippen MR) is 39.8 cm³/mol.